The molecule has 0 spiro atoms. The maximum absolute atomic E-state index is 11.5. The second kappa shape index (κ2) is 92.1. The Morgan fingerprint density at radius 1 is 0.252 bits per heavy atom. The summed E-state index contributed by atoms with van der Waals surface area (Å²) in [5.74, 6) is -15.5. The van der Waals surface area contributed by atoms with Crippen molar-refractivity contribution >= 4 is 112 Å². The monoisotopic (exact) mass is 2230 g/mol. The molecule has 0 aliphatic carbocycles. The van der Waals surface area contributed by atoms with E-state index in [4.69, 9.17) is 24.4 Å². The second-order valence-corrected chi connectivity index (χ2v) is 30.4. The molecular formula is C90H156Fe3N18O36. The van der Waals surface area contributed by atoms with Gasteiger partial charge in [0, 0.05) is 293 Å². The Hall–Kier alpha value is -13.8. The maximum Gasteiger partial charge on any atom is 0.325 e. The molecule has 0 aliphatic heterocycles. The van der Waals surface area contributed by atoms with Gasteiger partial charge < -0.3 is 174 Å². The number of ether oxygens (including phenoxy) is 6. The average Bonchev–Trinajstić information content (AvgIpc) is 0.899. The molecule has 0 heterocycles. The Morgan fingerprint density at radius 2 is 0.456 bits per heavy atom. The van der Waals surface area contributed by atoms with Crippen LogP contribution in [0.1, 0.15) is 34.1 Å². The largest absolute Gasteiger partial charge is 0.506 e. The summed E-state index contributed by atoms with van der Waals surface area (Å²) < 4.78 is 28.3. The molecule has 0 unspecified atom stereocenters. The molecule has 0 atom stereocenters. The number of nitrogens with zero attached hydrogens (tertiary/aromatic N) is 15. The van der Waals surface area contributed by atoms with E-state index in [1.165, 1.54) is 200 Å². The van der Waals surface area contributed by atoms with Crippen LogP contribution in [0.3, 0.4) is 0 Å². The third-order valence-corrected chi connectivity index (χ3v) is 16.1. The van der Waals surface area contributed by atoms with E-state index in [9.17, 15) is 137 Å². The zero-order valence-corrected chi connectivity index (χ0v) is 93.0. The summed E-state index contributed by atoms with van der Waals surface area (Å²) >= 11 is 0. The van der Waals surface area contributed by atoms with Crippen molar-refractivity contribution in [2.45, 2.75) is 34.1 Å². The van der Waals surface area contributed by atoms with Crippen molar-refractivity contribution < 1.29 is 227 Å². The van der Waals surface area contributed by atoms with Crippen LogP contribution in [0.5, 0.6) is 0 Å². The quantitative estimate of drug-likeness (QED) is 0.00711. The molecule has 0 aromatic rings. The van der Waals surface area contributed by atoms with Gasteiger partial charge in [-0.25, -0.2) is 0 Å². The number of methoxy groups -OCH3 is 3. The van der Waals surface area contributed by atoms with Gasteiger partial charge in [0.25, 0.3) is 41.4 Å². The molecule has 0 fully saturated rings. The minimum Gasteiger partial charge on any atom is -0.506 e. The van der Waals surface area contributed by atoms with Crippen LogP contribution in [-0.2, 0) is 171 Å². The van der Waals surface area contributed by atoms with Gasteiger partial charge >= 0.3 is 17.9 Å². The second-order valence-electron chi connectivity index (χ2n) is 30.4. The van der Waals surface area contributed by atoms with Crippen molar-refractivity contribution in [3.63, 3.8) is 0 Å². The minimum absolute atomic E-state index is 0. The first-order chi connectivity index (χ1) is 66.5. The standard InChI is InChI=1S/C11H18N2O4.C11H20N2O3.2C10H16N2O5.2C10H18N2O4.C10H18N2O3.2C9H16N2O4.3Fe/c1-5-17-11(16)7-12-8(2)9(14)6-10(15)13(3)4;1-9(13(4)6-7-16-5)10(14)8-11(15)12(2)3;2*1-4-17-9(15)6-11-10(16)7(13)5-8(14)12(2)3;2*1-11(2)9(14)7-8(13)10(15)12(3)5-6-16-4;1-5-6-12(4)9(14)7-8(13)10(15)11(2)3;2*1-10(2)9(15)7(13)6-8(14)11(3)4-5-12;;;/h6,12,14H,2,5,7H2,1,3-4H3;8,14H,1,6-7H2,2-5H3;2*5,13H,4,6H2,1-3H3,(H,11,16);2*7,13H,5-6H2,1-4H3;7,13H,5-6H2,1-4H3;2*6,12-13H,4-5H2,1-3H3;;;. The summed E-state index contributed by atoms with van der Waals surface area (Å²) in [7, 11) is 41.2. The Morgan fingerprint density at radius 3 is 0.673 bits per heavy atom. The molecule has 0 aromatic carbocycles. The van der Waals surface area contributed by atoms with Crippen LogP contribution in [0.15, 0.2) is 131 Å². The molecular weight excluding hydrogens is 2080 g/mol. The van der Waals surface area contributed by atoms with Gasteiger partial charge in [-0.05, 0) is 27.2 Å². The number of esters is 3. The fourth-order valence-electron chi connectivity index (χ4n) is 7.42. The van der Waals surface area contributed by atoms with Crippen LogP contribution in [-0.4, -0.2) is 544 Å². The first-order valence-electron chi connectivity index (χ1n) is 42.9. The number of carbonyl (C=O) groups is 19. The Labute approximate surface area is 891 Å². The molecule has 846 valence electrons. The number of hydrogen-bond donors (Lipinski definition) is 14. The first-order valence-corrected chi connectivity index (χ1v) is 42.9. The van der Waals surface area contributed by atoms with E-state index in [-0.39, 0.29) is 152 Å². The third kappa shape index (κ3) is 84.2. The Bertz CT molecular complexity index is 3990. The van der Waals surface area contributed by atoms with E-state index >= 15 is 0 Å². The van der Waals surface area contributed by atoms with Gasteiger partial charge in [-0.2, -0.15) is 0 Å². The third-order valence-electron chi connectivity index (χ3n) is 16.1. The van der Waals surface area contributed by atoms with E-state index in [1.807, 2.05) is 6.92 Å². The predicted molar refractivity (Wildman–Crippen MR) is 528 cm³/mol. The summed E-state index contributed by atoms with van der Waals surface area (Å²) in [6.45, 7) is 17.1. The molecule has 16 amide bonds. The molecule has 147 heavy (non-hydrogen) atoms. The molecule has 0 radical (unpaired) electrons. The van der Waals surface area contributed by atoms with Gasteiger partial charge in [0.15, 0.2) is 40.3 Å². The molecule has 0 aromatic heterocycles. The van der Waals surface area contributed by atoms with Crippen molar-refractivity contribution in [3.8, 4) is 0 Å². The van der Waals surface area contributed by atoms with Crippen molar-refractivity contribution in [2.75, 3.05) is 302 Å². The molecule has 0 rings (SSSR count). The van der Waals surface area contributed by atoms with E-state index in [2.05, 4.69) is 43.3 Å². The molecule has 0 bridgehead atoms. The summed E-state index contributed by atoms with van der Waals surface area (Å²) in [6.07, 6.45) is 8.91. The summed E-state index contributed by atoms with van der Waals surface area (Å²) in [5, 5.41) is 108. The van der Waals surface area contributed by atoms with Crippen LogP contribution in [0.4, 0.5) is 0 Å². The molecule has 57 heteroatoms. The number of rotatable bonds is 44. The average molecular weight is 2230 g/mol. The van der Waals surface area contributed by atoms with Crippen molar-refractivity contribution in [3.05, 3.63) is 131 Å². The molecule has 14 N–H and O–H groups in total. The SMILES string of the molecule is C=C(C(O)=CC(=O)N(C)C)N(C)CCOC.C=C(NCC(=O)OCC)C(O)=CC(=O)N(C)C.CCCN(C)C(=O)C=C(O)C(=O)N(C)C.CCOC(=O)CNC(=O)C(O)=CC(=O)N(C)C.CCOC(=O)CNC(=O)C(O)=CC(=O)N(C)C.CN(C)C(=O)C(O)=CC(=O)N(C)CCO.CN(C)C(=O)C(O)=CC(=O)N(C)CCO.COCCN(C)C(=O)C(O)=CC(=O)N(C)C.COCCN(C)C(=O)C(O)=CC(=O)N(C)C.[Fe].[Fe].[Fe]. The van der Waals surface area contributed by atoms with Crippen LogP contribution >= 0.6 is 0 Å². The van der Waals surface area contributed by atoms with E-state index in [0.717, 1.165) is 70.9 Å². The Balaban J connectivity index is -0.000000139. The van der Waals surface area contributed by atoms with Gasteiger partial charge in [0.2, 0.25) is 53.2 Å². The van der Waals surface area contributed by atoms with Crippen LogP contribution in [0.2, 0.25) is 0 Å². The van der Waals surface area contributed by atoms with Crippen molar-refractivity contribution in [1.29, 1.82) is 0 Å². The molecule has 0 saturated heterocycles. The predicted octanol–water partition coefficient (Wildman–Crippen LogP) is -3.26. The molecule has 0 aliphatic rings. The zero-order chi connectivity index (χ0) is 114. The van der Waals surface area contributed by atoms with Gasteiger partial charge in [0.1, 0.15) is 31.2 Å². The molecule has 0 saturated carbocycles. The number of aliphatic hydroxyl groups is 11. The van der Waals surface area contributed by atoms with E-state index < -0.39 is 135 Å². The maximum atomic E-state index is 11.5. The number of likely N-dealkylation sites (N-methyl/N-ethyl adjacent to an activating group) is 15. The minimum atomic E-state index is -0.909. The van der Waals surface area contributed by atoms with Gasteiger partial charge in [-0.15, -0.1) is 0 Å². The number of aliphatic hydroxyl groups excluding tert-OH is 11. The number of carbonyl (C=O) groups excluding carboxylic acids is 19. The summed E-state index contributed by atoms with van der Waals surface area (Å²) in [4.78, 5) is 232. The topological polar surface area (TPSA) is 687 Å². The van der Waals surface area contributed by atoms with E-state index in [0.29, 0.717) is 51.7 Å². The number of hydrogen-bond acceptors (Lipinski definition) is 38. The van der Waals surface area contributed by atoms with Crippen LogP contribution < -0.4 is 16.0 Å². The normalized spacial score (nSPS) is 10.7. The smallest absolute Gasteiger partial charge is 0.325 e. The van der Waals surface area contributed by atoms with Crippen LogP contribution in [0, 0.1) is 0 Å². The fourth-order valence-corrected chi connectivity index (χ4v) is 7.42. The summed E-state index contributed by atoms with van der Waals surface area (Å²) in [6, 6.07) is 0. The number of amides is 16. The van der Waals surface area contributed by atoms with Gasteiger partial charge in [0.05, 0.1) is 107 Å². The van der Waals surface area contributed by atoms with Crippen molar-refractivity contribution in [1.82, 2.24) is 89.4 Å². The van der Waals surface area contributed by atoms with Gasteiger partial charge in [-0.1, -0.05) is 20.1 Å². The Kier molecular flexibility index (Phi) is 99.3. The van der Waals surface area contributed by atoms with Gasteiger partial charge in [-0.3, -0.25) is 91.1 Å². The first kappa shape index (κ1) is 159. The zero-order valence-electron chi connectivity index (χ0n) is 89.7. The summed E-state index contributed by atoms with van der Waals surface area (Å²) in [5.41, 5.74) is 0.487. The van der Waals surface area contributed by atoms with Crippen molar-refractivity contribution in [2.24, 2.45) is 0 Å². The fraction of sp³-hybridized carbons (Fsp3) is 0.544. The van der Waals surface area contributed by atoms with Crippen LogP contribution in [0.25, 0.3) is 0 Å². The molecule has 54 nitrogen and oxygen atoms in total. The van der Waals surface area contributed by atoms with E-state index in [1.54, 1.807) is 75.1 Å². The number of nitrogens with one attached hydrogen (secondary N) is 3.